The van der Waals surface area contributed by atoms with Crippen LogP contribution in [0.25, 0.3) is 10.9 Å². The van der Waals surface area contributed by atoms with Crippen LogP contribution >= 0.6 is 15.9 Å². The van der Waals surface area contributed by atoms with Crippen molar-refractivity contribution in [2.24, 2.45) is 5.92 Å². The number of aromatic nitrogens is 2. The number of nitrogens with one attached hydrogen (secondary N) is 1. The van der Waals surface area contributed by atoms with E-state index in [-0.39, 0.29) is 6.04 Å². The zero-order valence-electron chi connectivity index (χ0n) is 11.6. The molecule has 1 aliphatic rings. The average molecular weight is 346 g/mol. The molecule has 1 unspecified atom stereocenters. The van der Waals surface area contributed by atoms with Gasteiger partial charge in [0.1, 0.15) is 0 Å². The molecule has 1 aliphatic heterocycles. The van der Waals surface area contributed by atoms with E-state index < -0.39 is 0 Å². The summed E-state index contributed by atoms with van der Waals surface area (Å²) in [4.78, 5) is 8.61. The first kappa shape index (κ1) is 14.3. The van der Waals surface area contributed by atoms with Crippen molar-refractivity contribution in [3.63, 3.8) is 0 Å². The molecule has 2 aromatic rings. The van der Waals surface area contributed by atoms with Crippen molar-refractivity contribution in [3.05, 3.63) is 29.1 Å². The fraction of sp³-hybridized carbons (Fsp3) is 0.375. The molecule has 4 nitrogen and oxygen atoms in total. The number of pyridine rings is 2. The van der Waals surface area contributed by atoms with E-state index in [1.807, 2.05) is 12.3 Å². The molecule has 1 fully saturated rings. The van der Waals surface area contributed by atoms with Crippen LogP contribution in [0.1, 0.15) is 12.8 Å². The lowest BCUT2D eigenvalue weighted by atomic mass is 9.92. The number of halogens is 1. The van der Waals surface area contributed by atoms with Crippen molar-refractivity contribution >= 4 is 32.5 Å². The van der Waals surface area contributed by atoms with E-state index in [1.165, 1.54) is 0 Å². The Kier molecular flexibility index (Phi) is 4.37. The molecule has 1 saturated heterocycles. The van der Waals surface area contributed by atoms with Gasteiger partial charge >= 0.3 is 0 Å². The molecule has 3 rings (SSSR count). The van der Waals surface area contributed by atoms with Crippen LogP contribution in [0.15, 0.2) is 29.1 Å². The molecule has 0 radical (unpaired) electrons. The molecule has 3 heterocycles. The van der Waals surface area contributed by atoms with Gasteiger partial charge < -0.3 is 10.1 Å². The zero-order valence-corrected chi connectivity index (χ0v) is 13.1. The van der Waals surface area contributed by atoms with Crippen molar-refractivity contribution in [3.8, 4) is 12.3 Å². The highest BCUT2D eigenvalue weighted by Gasteiger charge is 2.23. The van der Waals surface area contributed by atoms with Crippen LogP contribution in [-0.4, -0.2) is 29.2 Å². The summed E-state index contributed by atoms with van der Waals surface area (Å²) in [6, 6.07) is 1.94. The molecule has 1 atom stereocenters. The van der Waals surface area contributed by atoms with Crippen molar-refractivity contribution in [1.82, 2.24) is 9.97 Å². The lowest BCUT2D eigenvalue weighted by molar-refractivity contribution is 0.0652. The van der Waals surface area contributed by atoms with Gasteiger partial charge in [0.2, 0.25) is 0 Å². The molecular formula is C16H16BrN3O. The summed E-state index contributed by atoms with van der Waals surface area (Å²) in [6.07, 6.45) is 13.1. The maximum Gasteiger partial charge on any atom is 0.0904 e. The Morgan fingerprint density at radius 3 is 2.95 bits per heavy atom. The van der Waals surface area contributed by atoms with Gasteiger partial charge in [0.15, 0.2) is 0 Å². The van der Waals surface area contributed by atoms with Gasteiger partial charge in [0.05, 0.1) is 16.0 Å². The van der Waals surface area contributed by atoms with E-state index in [4.69, 9.17) is 11.2 Å². The first-order valence-electron chi connectivity index (χ1n) is 6.98. The van der Waals surface area contributed by atoms with E-state index in [9.17, 15) is 0 Å². The fourth-order valence-electron chi connectivity index (χ4n) is 2.67. The van der Waals surface area contributed by atoms with Gasteiger partial charge in [-0.3, -0.25) is 9.97 Å². The number of hydrogen-bond donors (Lipinski definition) is 1. The van der Waals surface area contributed by atoms with E-state index in [0.717, 1.165) is 47.1 Å². The highest BCUT2D eigenvalue weighted by Crippen LogP contribution is 2.28. The van der Waals surface area contributed by atoms with Crippen LogP contribution in [0.5, 0.6) is 0 Å². The molecule has 108 valence electrons. The molecule has 0 bridgehead atoms. The lowest BCUT2D eigenvalue weighted by Crippen LogP contribution is -2.32. The van der Waals surface area contributed by atoms with E-state index >= 15 is 0 Å². The molecule has 1 N–H and O–H groups in total. The van der Waals surface area contributed by atoms with Gasteiger partial charge in [0.25, 0.3) is 0 Å². The van der Waals surface area contributed by atoms with Crippen LogP contribution in [0.3, 0.4) is 0 Å². The number of nitrogens with zero attached hydrogens (tertiary/aromatic N) is 2. The quantitative estimate of drug-likeness (QED) is 0.867. The number of anilines is 1. The fourth-order valence-corrected chi connectivity index (χ4v) is 3.10. The summed E-state index contributed by atoms with van der Waals surface area (Å²) in [5.41, 5.74) is 1.86. The standard InChI is InChI=1S/C16H16BrN3O/c1-2-14(11-4-7-21-8-5-11)20-15-3-6-19-16-12(15)9-18-10-13(16)17/h1,3,6,9-11,14H,4-5,7-8H2,(H,19,20). The smallest absolute Gasteiger partial charge is 0.0904 e. The van der Waals surface area contributed by atoms with Crippen LogP contribution in [0.2, 0.25) is 0 Å². The Hall–Kier alpha value is -1.64. The number of fused-ring (bicyclic) bond motifs is 1. The van der Waals surface area contributed by atoms with Crippen LogP contribution < -0.4 is 5.32 Å². The molecular weight excluding hydrogens is 330 g/mol. The second-order valence-corrected chi connectivity index (χ2v) is 5.97. The summed E-state index contributed by atoms with van der Waals surface area (Å²) in [7, 11) is 0. The second kappa shape index (κ2) is 6.42. The third kappa shape index (κ3) is 3.02. The average Bonchev–Trinajstić information content (AvgIpc) is 2.54. The predicted octanol–water partition coefficient (Wildman–Crippen LogP) is 3.23. The van der Waals surface area contributed by atoms with Crippen molar-refractivity contribution in [1.29, 1.82) is 0 Å². The topological polar surface area (TPSA) is 47.0 Å². The van der Waals surface area contributed by atoms with E-state index in [0.29, 0.717) is 5.92 Å². The summed E-state index contributed by atoms with van der Waals surface area (Å²) < 4.78 is 6.29. The van der Waals surface area contributed by atoms with E-state index in [2.05, 4.69) is 37.1 Å². The number of rotatable bonds is 3. The largest absolute Gasteiger partial charge is 0.381 e. The van der Waals surface area contributed by atoms with Crippen LogP contribution in [0.4, 0.5) is 5.69 Å². The Morgan fingerprint density at radius 2 is 2.19 bits per heavy atom. The summed E-state index contributed by atoms with van der Waals surface area (Å²) in [6.45, 7) is 1.57. The second-order valence-electron chi connectivity index (χ2n) is 5.11. The molecule has 21 heavy (non-hydrogen) atoms. The first-order valence-corrected chi connectivity index (χ1v) is 7.77. The summed E-state index contributed by atoms with van der Waals surface area (Å²) in [5.74, 6) is 3.32. The SMILES string of the molecule is C#CC(Nc1ccnc2c(Br)cncc12)C1CCOCC1. The molecule has 0 spiro atoms. The molecule has 5 heteroatoms. The van der Waals surface area contributed by atoms with Crippen molar-refractivity contribution in [2.45, 2.75) is 18.9 Å². The molecule has 0 saturated carbocycles. The molecule has 2 aromatic heterocycles. The van der Waals surface area contributed by atoms with Gasteiger partial charge in [-0.05, 0) is 40.8 Å². The van der Waals surface area contributed by atoms with Crippen molar-refractivity contribution < 1.29 is 4.74 Å². The minimum Gasteiger partial charge on any atom is -0.381 e. The first-order chi connectivity index (χ1) is 10.3. The number of ether oxygens (including phenoxy) is 1. The molecule has 0 aromatic carbocycles. The third-order valence-corrected chi connectivity index (χ3v) is 4.42. The highest BCUT2D eigenvalue weighted by atomic mass is 79.9. The van der Waals surface area contributed by atoms with Gasteiger partial charge in [-0.2, -0.15) is 0 Å². The Bertz CT molecular complexity index is 677. The Morgan fingerprint density at radius 1 is 1.38 bits per heavy atom. The Balaban J connectivity index is 1.90. The normalized spacial score (nSPS) is 17.3. The molecule has 0 aliphatic carbocycles. The lowest BCUT2D eigenvalue weighted by Gasteiger charge is -2.28. The van der Waals surface area contributed by atoms with E-state index in [1.54, 1.807) is 12.4 Å². The molecule has 0 amide bonds. The number of terminal acetylenes is 1. The van der Waals surface area contributed by atoms with Gasteiger partial charge in [-0.1, -0.05) is 5.92 Å². The third-order valence-electron chi connectivity index (χ3n) is 3.84. The maximum absolute atomic E-state index is 5.73. The summed E-state index contributed by atoms with van der Waals surface area (Å²) >= 11 is 3.48. The Labute approximate surface area is 132 Å². The van der Waals surface area contributed by atoms with Crippen LogP contribution in [-0.2, 0) is 4.74 Å². The predicted molar refractivity (Wildman–Crippen MR) is 87.0 cm³/mol. The summed E-state index contributed by atoms with van der Waals surface area (Å²) in [5, 5.41) is 4.45. The van der Waals surface area contributed by atoms with Gasteiger partial charge in [-0.15, -0.1) is 6.42 Å². The minimum atomic E-state index is -0.00141. The minimum absolute atomic E-state index is 0.00141. The highest BCUT2D eigenvalue weighted by molar-refractivity contribution is 9.10. The van der Waals surface area contributed by atoms with Crippen LogP contribution in [0, 0.1) is 18.3 Å². The zero-order chi connectivity index (χ0) is 14.7. The van der Waals surface area contributed by atoms with Crippen molar-refractivity contribution in [2.75, 3.05) is 18.5 Å². The monoisotopic (exact) mass is 345 g/mol. The van der Waals surface area contributed by atoms with Gasteiger partial charge in [0, 0.05) is 42.9 Å². The maximum atomic E-state index is 5.73. The number of hydrogen-bond acceptors (Lipinski definition) is 4. The van der Waals surface area contributed by atoms with Gasteiger partial charge in [-0.25, -0.2) is 0 Å².